The summed E-state index contributed by atoms with van der Waals surface area (Å²) in [6, 6.07) is 0. The second-order valence-corrected chi connectivity index (χ2v) is 15.7. The van der Waals surface area contributed by atoms with Crippen LogP contribution in [-0.2, 0) is 14.3 Å². The lowest BCUT2D eigenvalue weighted by molar-refractivity contribution is -0.197. The van der Waals surface area contributed by atoms with E-state index in [-0.39, 0.29) is 38.9 Å². The maximum Gasteiger partial charge on any atom is 0.312 e. The van der Waals surface area contributed by atoms with E-state index in [4.69, 9.17) is 4.74 Å². The van der Waals surface area contributed by atoms with Crippen molar-refractivity contribution in [2.24, 2.45) is 56.7 Å². The summed E-state index contributed by atoms with van der Waals surface area (Å²) >= 11 is 3.88. The zero-order valence-electron chi connectivity index (χ0n) is 23.3. The maximum absolute atomic E-state index is 14.4. The van der Waals surface area contributed by atoms with Gasteiger partial charge in [0.1, 0.15) is 0 Å². The minimum Gasteiger partial charge on any atom is -0.469 e. The first kappa shape index (κ1) is 26.0. The van der Waals surface area contributed by atoms with Gasteiger partial charge in [-0.15, -0.1) is 0 Å². The number of methoxy groups -OCH3 is 1. The standard InChI is InChI=1S/C31H47BrO3/c1-18-9-12-27(3)15-16-29(5)20(24(27)19(18)2)17-21(33)25-28(4)13-11-23(32)31(7,26(34)35-8)22(28)10-14-30(25,29)6/h17-19,22-25H,9-16H2,1-8H3/t18-,19+,22?,23+,24+,25-,27-,28+,29-,30-,31?/m1/s1. The molecule has 0 heterocycles. The summed E-state index contributed by atoms with van der Waals surface area (Å²) in [5.74, 6) is 2.17. The molecule has 0 amide bonds. The van der Waals surface area contributed by atoms with Gasteiger partial charge in [0.15, 0.2) is 5.78 Å². The van der Waals surface area contributed by atoms with Gasteiger partial charge >= 0.3 is 5.97 Å². The number of ketones is 1. The van der Waals surface area contributed by atoms with Crippen molar-refractivity contribution in [3.63, 3.8) is 0 Å². The first-order chi connectivity index (χ1) is 16.2. The molecule has 0 aromatic heterocycles. The van der Waals surface area contributed by atoms with Crippen LogP contribution in [0.1, 0.15) is 99.8 Å². The Hall–Kier alpha value is -0.640. The molecule has 196 valence electrons. The second kappa shape index (κ2) is 7.93. The van der Waals surface area contributed by atoms with Crippen molar-refractivity contribution in [2.75, 3.05) is 7.11 Å². The second-order valence-electron chi connectivity index (χ2n) is 14.6. The Morgan fingerprint density at radius 3 is 2.31 bits per heavy atom. The number of rotatable bonds is 1. The average molecular weight is 548 g/mol. The molecule has 0 spiro atoms. The Morgan fingerprint density at radius 1 is 0.971 bits per heavy atom. The van der Waals surface area contributed by atoms with E-state index in [1.54, 1.807) is 0 Å². The number of allylic oxidation sites excluding steroid dienone is 2. The molecule has 5 aliphatic carbocycles. The molecule has 4 fully saturated rings. The van der Waals surface area contributed by atoms with E-state index in [0.29, 0.717) is 29.0 Å². The van der Waals surface area contributed by atoms with Crippen molar-refractivity contribution in [1.29, 1.82) is 0 Å². The Balaban J connectivity index is 1.64. The Labute approximate surface area is 221 Å². The SMILES string of the molecule is COC(=O)C1(C)C2CC[C@]3(C)[C@H](C(=O)C=C4[C@@H]5[C@@H](C)[C@H](C)CC[C@]5(C)CC[C@]43C)[C@@]2(C)CC[C@@H]1Br. The normalized spacial score (nSPS) is 55.6. The van der Waals surface area contributed by atoms with Gasteiger partial charge in [-0.3, -0.25) is 9.59 Å². The van der Waals surface area contributed by atoms with Crippen molar-refractivity contribution < 1.29 is 14.3 Å². The lowest BCUT2D eigenvalue weighted by Crippen LogP contribution is -2.67. The summed E-state index contributed by atoms with van der Waals surface area (Å²) in [6.45, 7) is 16.8. The quantitative estimate of drug-likeness (QED) is 0.249. The molecule has 11 atom stereocenters. The molecule has 5 aliphatic rings. The van der Waals surface area contributed by atoms with Crippen LogP contribution in [0.5, 0.6) is 0 Å². The molecule has 0 bridgehead atoms. The summed E-state index contributed by atoms with van der Waals surface area (Å²) < 4.78 is 5.38. The predicted molar refractivity (Wildman–Crippen MR) is 144 cm³/mol. The fraction of sp³-hybridized carbons (Fsp3) is 0.871. The van der Waals surface area contributed by atoms with Crippen molar-refractivity contribution in [3.05, 3.63) is 11.6 Å². The highest BCUT2D eigenvalue weighted by Crippen LogP contribution is 2.75. The molecule has 5 rings (SSSR count). The smallest absolute Gasteiger partial charge is 0.312 e. The van der Waals surface area contributed by atoms with Crippen LogP contribution in [0, 0.1) is 56.7 Å². The van der Waals surface area contributed by atoms with Crippen LogP contribution in [-0.4, -0.2) is 23.7 Å². The average Bonchev–Trinajstić information content (AvgIpc) is 2.80. The summed E-state index contributed by atoms with van der Waals surface area (Å²) in [7, 11) is 1.51. The topological polar surface area (TPSA) is 43.4 Å². The van der Waals surface area contributed by atoms with Crippen LogP contribution in [0.2, 0.25) is 0 Å². The van der Waals surface area contributed by atoms with Crippen molar-refractivity contribution in [2.45, 2.75) is 105 Å². The summed E-state index contributed by atoms with van der Waals surface area (Å²) in [4.78, 5) is 27.7. The fourth-order valence-corrected chi connectivity index (χ4v) is 11.6. The number of carbonyl (C=O) groups excluding carboxylic acids is 2. The van der Waals surface area contributed by atoms with Crippen molar-refractivity contribution in [3.8, 4) is 0 Å². The van der Waals surface area contributed by atoms with E-state index in [9.17, 15) is 9.59 Å². The van der Waals surface area contributed by atoms with Crippen LogP contribution >= 0.6 is 15.9 Å². The third-order valence-electron chi connectivity index (χ3n) is 13.3. The van der Waals surface area contributed by atoms with E-state index in [1.807, 2.05) is 0 Å². The third kappa shape index (κ3) is 3.07. The van der Waals surface area contributed by atoms with Gasteiger partial charge in [-0.1, -0.05) is 63.0 Å². The van der Waals surface area contributed by atoms with Gasteiger partial charge in [-0.25, -0.2) is 0 Å². The molecule has 4 saturated carbocycles. The molecule has 0 saturated heterocycles. The minimum atomic E-state index is -0.604. The molecule has 3 nitrogen and oxygen atoms in total. The van der Waals surface area contributed by atoms with E-state index >= 15 is 0 Å². The van der Waals surface area contributed by atoms with Crippen LogP contribution in [0.4, 0.5) is 0 Å². The third-order valence-corrected chi connectivity index (χ3v) is 14.7. The number of ether oxygens (including phenoxy) is 1. The Morgan fingerprint density at radius 2 is 1.66 bits per heavy atom. The van der Waals surface area contributed by atoms with Crippen molar-refractivity contribution in [1.82, 2.24) is 0 Å². The summed E-state index contributed by atoms with van der Waals surface area (Å²) in [6.07, 6.45) is 11.1. The van der Waals surface area contributed by atoms with E-state index in [0.717, 1.165) is 25.7 Å². The lowest BCUT2D eigenvalue weighted by Gasteiger charge is -2.70. The molecule has 0 aromatic rings. The molecular formula is C31H47BrO3. The molecular weight excluding hydrogens is 500 g/mol. The maximum atomic E-state index is 14.4. The van der Waals surface area contributed by atoms with E-state index in [2.05, 4.69) is 70.5 Å². The van der Waals surface area contributed by atoms with Gasteiger partial charge in [0.05, 0.1) is 12.5 Å². The Bertz CT molecular complexity index is 972. The van der Waals surface area contributed by atoms with E-state index < -0.39 is 5.41 Å². The van der Waals surface area contributed by atoms with Crippen LogP contribution < -0.4 is 0 Å². The van der Waals surface area contributed by atoms with Gasteiger partial charge in [-0.2, -0.15) is 0 Å². The monoisotopic (exact) mass is 546 g/mol. The zero-order valence-corrected chi connectivity index (χ0v) is 24.9. The molecule has 0 radical (unpaired) electrons. The first-order valence-corrected chi connectivity index (χ1v) is 15.1. The number of halogens is 1. The highest BCUT2D eigenvalue weighted by molar-refractivity contribution is 9.09. The first-order valence-electron chi connectivity index (χ1n) is 14.2. The molecule has 4 heteroatoms. The summed E-state index contributed by atoms with van der Waals surface area (Å²) in [5.41, 5.74) is 0.973. The van der Waals surface area contributed by atoms with Crippen LogP contribution in [0.3, 0.4) is 0 Å². The largest absolute Gasteiger partial charge is 0.469 e. The predicted octanol–water partition coefficient (Wildman–Crippen LogP) is 7.76. The molecule has 0 aliphatic heterocycles. The zero-order chi connectivity index (χ0) is 25.8. The highest BCUT2D eigenvalue weighted by atomic mass is 79.9. The minimum absolute atomic E-state index is 0.0350. The van der Waals surface area contributed by atoms with Gasteiger partial charge in [0.2, 0.25) is 0 Å². The van der Waals surface area contributed by atoms with Crippen LogP contribution in [0.25, 0.3) is 0 Å². The number of fused-ring (bicyclic) bond motifs is 7. The Kier molecular flexibility index (Phi) is 5.89. The van der Waals surface area contributed by atoms with Gasteiger partial charge in [-0.05, 0) is 110 Å². The van der Waals surface area contributed by atoms with Crippen molar-refractivity contribution >= 4 is 27.7 Å². The molecule has 0 aromatic carbocycles. The number of hydrogen-bond acceptors (Lipinski definition) is 3. The molecule has 2 unspecified atom stereocenters. The number of hydrogen-bond donors (Lipinski definition) is 0. The van der Waals surface area contributed by atoms with Gasteiger partial charge in [0.25, 0.3) is 0 Å². The van der Waals surface area contributed by atoms with E-state index in [1.165, 1.54) is 38.4 Å². The number of esters is 1. The van der Waals surface area contributed by atoms with Crippen LogP contribution in [0.15, 0.2) is 11.6 Å². The number of alkyl halides is 1. The van der Waals surface area contributed by atoms with Gasteiger partial charge < -0.3 is 4.74 Å². The lowest BCUT2D eigenvalue weighted by atomic mass is 9.33. The molecule has 0 N–H and O–H groups in total. The number of carbonyl (C=O) groups is 2. The fourth-order valence-electron chi connectivity index (χ4n) is 10.8. The van der Waals surface area contributed by atoms with Gasteiger partial charge in [0, 0.05) is 10.7 Å². The highest BCUT2D eigenvalue weighted by Gasteiger charge is 2.71. The molecule has 35 heavy (non-hydrogen) atoms. The summed E-state index contributed by atoms with van der Waals surface area (Å²) in [5, 5.41) is 0.